The Morgan fingerprint density at radius 3 is 2.69 bits per heavy atom. The monoisotopic (exact) mass is 184 g/mol. The summed E-state index contributed by atoms with van der Waals surface area (Å²) in [6.45, 7) is 0. The molecule has 62 valence electrons. The minimum Gasteiger partial charge on any atom is -0.0794 e. The fourth-order valence-electron chi connectivity index (χ4n) is 2.06. The van der Waals surface area contributed by atoms with E-state index in [1.807, 2.05) is 6.08 Å². The van der Waals surface area contributed by atoms with Crippen LogP contribution in [0.4, 0.5) is 0 Å². The van der Waals surface area contributed by atoms with Gasteiger partial charge in [-0.05, 0) is 29.2 Å². The Bertz CT molecular complexity index is 464. The van der Waals surface area contributed by atoms with Crippen LogP contribution in [0.5, 0.6) is 0 Å². The highest BCUT2D eigenvalue weighted by molar-refractivity contribution is 7.81. The fourth-order valence-corrected chi connectivity index (χ4v) is 2.39. The van der Waals surface area contributed by atoms with Crippen LogP contribution >= 0.6 is 12.2 Å². The van der Waals surface area contributed by atoms with Crippen molar-refractivity contribution in [2.24, 2.45) is 0 Å². The van der Waals surface area contributed by atoms with Crippen LogP contribution in [0, 0.1) is 0 Å². The zero-order valence-electron chi connectivity index (χ0n) is 7.08. The van der Waals surface area contributed by atoms with Gasteiger partial charge < -0.3 is 0 Å². The number of allylic oxidation sites excluding steroid dienone is 4. The first-order valence-corrected chi connectivity index (χ1v) is 4.82. The predicted octanol–water partition coefficient (Wildman–Crippen LogP) is 3.24. The van der Waals surface area contributed by atoms with E-state index in [9.17, 15) is 0 Å². The molecule has 0 aromatic heterocycles. The highest BCUT2D eigenvalue weighted by Crippen LogP contribution is 2.45. The van der Waals surface area contributed by atoms with Gasteiger partial charge in [-0.15, -0.1) is 0 Å². The molecule has 0 radical (unpaired) electrons. The largest absolute Gasteiger partial charge is 0.0794 e. The van der Waals surface area contributed by atoms with Crippen LogP contribution < -0.4 is 0 Å². The lowest BCUT2D eigenvalue weighted by atomic mass is 9.75. The third-order valence-electron chi connectivity index (χ3n) is 2.66. The molecule has 2 aliphatic carbocycles. The van der Waals surface area contributed by atoms with Crippen LogP contribution in [0.2, 0.25) is 0 Å². The van der Waals surface area contributed by atoms with Crippen LogP contribution in [0.25, 0.3) is 11.1 Å². The highest BCUT2D eigenvalue weighted by Gasteiger charge is 2.27. The summed E-state index contributed by atoms with van der Waals surface area (Å²) in [5, 5.41) is 0. The van der Waals surface area contributed by atoms with E-state index in [1.54, 1.807) is 0 Å². The van der Waals surface area contributed by atoms with Crippen molar-refractivity contribution in [3.05, 3.63) is 47.5 Å². The van der Waals surface area contributed by atoms with Gasteiger partial charge in [0.15, 0.2) is 0 Å². The zero-order valence-corrected chi connectivity index (χ0v) is 7.90. The Labute approximate surface area is 82.6 Å². The topological polar surface area (TPSA) is 0 Å². The van der Waals surface area contributed by atoms with Crippen molar-refractivity contribution in [1.29, 1.82) is 0 Å². The van der Waals surface area contributed by atoms with Gasteiger partial charge >= 0.3 is 0 Å². The van der Waals surface area contributed by atoms with Gasteiger partial charge in [0.2, 0.25) is 0 Å². The van der Waals surface area contributed by atoms with E-state index in [0.717, 1.165) is 11.3 Å². The van der Waals surface area contributed by atoms with Crippen molar-refractivity contribution in [2.45, 2.75) is 6.42 Å². The summed E-state index contributed by atoms with van der Waals surface area (Å²) in [7, 11) is 0. The zero-order chi connectivity index (χ0) is 8.84. The van der Waals surface area contributed by atoms with E-state index in [2.05, 4.69) is 30.3 Å². The maximum Gasteiger partial charge on any atom is 0.0455 e. The van der Waals surface area contributed by atoms with E-state index >= 15 is 0 Å². The molecule has 0 N–H and O–H groups in total. The van der Waals surface area contributed by atoms with Crippen molar-refractivity contribution in [1.82, 2.24) is 0 Å². The van der Waals surface area contributed by atoms with Gasteiger partial charge in [0.1, 0.15) is 0 Å². The first-order chi connectivity index (χ1) is 6.38. The molecule has 0 unspecified atom stereocenters. The lowest BCUT2D eigenvalue weighted by molar-refractivity contribution is 1.33. The smallest absolute Gasteiger partial charge is 0.0455 e. The third-order valence-corrected chi connectivity index (χ3v) is 3.00. The fraction of sp³-hybridized carbons (Fsp3) is 0.0833. The van der Waals surface area contributed by atoms with Gasteiger partial charge in [-0.2, -0.15) is 0 Å². The number of hydrogen-bond donors (Lipinski definition) is 0. The number of fused-ring (bicyclic) bond motifs is 3. The maximum absolute atomic E-state index is 5.29. The normalized spacial score (nSPS) is 18.0. The third kappa shape index (κ3) is 0.825. The summed E-state index contributed by atoms with van der Waals surface area (Å²) in [5.41, 5.74) is 5.48. The summed E-state index contributed by atoms with van der Waals surface area (Å²) in [4.78, 5) is 1.000. The minimum atomic E-state index is 1.000. The number of hydrogen-bond acceptors (Lipinski definition) is 1. The summed E-state index contributed by atoms with van der Waals surface area (Å²) >= 11 is 5.29. The predicted molar refractivity (Wildman–Crippen MR) is 59.6 cm³/mol. The first-order valence-electron chi connectivity index (χ1n) is 4.42. The molecule has 0 heterocycles. The molecule has 1 aromatic carbocycles. The quantitative estimate of drug-likeness (QED) is 0.558. The van der Waals surface area contributed by atoms with Crippen LogP contribution in [0.3, 0.4) is 0 Å². The lowest BCUT2D eigenvalue weighted by Crippen LogP contribution is -2.14. The van der Waals surface area contributed by atoms with Crippen molar-refractivity contribution < 1.29 is 0 Å². The summed E-state index contributed by atoms with van der Waals surface area (Å²) < 4.78 is 0. The molecule has 0 saturated heterocycles. The molecular formula is C12H8S. The van der Waals surface area contributed by atoms with Gasteiger partial charge in [0.25, 0.3) is 0 Å². The van der Waals surface area contributed by atoms with Crippen molar-refractivity contribution >= 4 is 28.2 Å². The SMILES string of the molecule is S=C1C=CCC2=C1c1ccccc12. The summed E-state index contributed by atoms with van der Waals surface area (Å²) in [6, 6.07) is 8.49. The van der Waals surface area contributed by atoms with E-state index in [0.29, 0.717) is 0 Å². The molecule has 2 aliphatic rings. The van der Waals surface area contributed by atoms with Crippen LogP contribution in [-0.4, -0.2) is 4.86 Å². The van der Waals surface area contributed by atoms with Crippen LogP contribution in [-0.2, 0) is 0 Å². The summed E-state index contributed by atoms with van der Waals surface area (Å²) in [6.07, 6.45) is 5.24. The molecular weight excluding hydrogens is 176 g/mol. The molecule has 0 aliphatic heterocycles. The van der Waals surface area contributed by atoms with Gasteiger partial charge in [0.05, 0.1) is 0 Å². The second-order valence-electron chi connectivity index (χ2n) is 3.37. The Kier molecular flexibility index (Phi) is 1.33. The van der Waals surface area contributed by atoms with Crippen molar-refractivity contribution in [3.8, 4) is 0 Å². The molecule has 0 bridgehead atoms. The Morgan fingerprint density at radius 1 is 1.08 bits per heavy atom. The molecule has 0 spiro atoms. The van der Waals surface area contributed by atoms with E-state index in [4.69, 9.17) is 12.2 Å². The number of rotatable bonds is 0. The molecule has 3 rings (SSSR count). The first kappa shape index (κ1) is 7.22. The van der Waals surface area contributed by atoms with Crippen molar-refractivity contribution in [3.63, 3.8) is 0 Å². The van der Waals surface area contributed by atoms with Gasteiger partial charge in [-0.1, -0.05) is 42.6 Å². The van der Waals surface area contributed by atoms with E-state index < -0.39 is 0 Å². The molecule has 0 atom stereocenters. The van der Waals surface area contributed by atoms with E-state index in [-0.39, 0.29) is 0 Å². The Hall–Kier alpha value is -1.21. The van der Waals surface area contributed by atoms with Gasteiger partial charge in [0, 0.05) is 10.4 Å². The lowest BCUT2D eigenvalue weighted by Gasteiger charge is -2.29. The van der Waals surface area contributed by atoms with Crippen LogP contribution in [0.15, 0.2) is 36.4 Å². The average Bonchev–Trinajstić information content (AvgIpc) is 2.14. The van der Waals surface area contributed by atoms with Crippen molar-refractivity contribution in [2.75, 3.05) is 0 Å². The average molecular weight is 184 g/mol. The molecule has 1 heteroatoms. The van der Waals surface area contributed by atoms with Gasteiger partial charge in [-0.3, -0.25) is 0 Å². The Balaban J connectivity index is 2.20. The molecule has 0 saturated carbocycles. The van der Waals surface area contributed by atoms with E-state index in [1.165, 1.54) is 22.3 Å². The molecule has 0 nitrogen and oxygen atoms in total. The second-order valence-corrected chi connectivity index (χ2v) is 3.81. The standard InChI is InChI=1S/C12H8S/c13-11-7-3-6-10-8-4-1-2-5-9(8)12(10)11/h1-5,7H,6H2. The molecule has 0 amide bonds. The number of benzene rings is 1. The minimum absolute atomic E-state index is 1.000. The maximum atomic E-state index is 5.29. The van der Waals surface area contributed by atoms with Gasteiger partial charge in [-0.25, -0.2) is 0 Å². The highest BCUT2D eigenvalue weighted by atomic mass is 32.1. The Morgan fingerprint density at radius 2 is 1.85 bits per heavy atom. The number of thiocarbonyl (C=S) groups is 1. The molecule has 13 heavy (non-hydrogen) atoms. The second kappa shape index (κ2) is 2.39. The summed E-state index contributed by atoms with van der Waals surface area (Å²) in [5.74, 6) is 0. The van der Waals surface area contributed by atoms with Crippen LogP contribution in [0.1, 0.15) is 17.5 Å². The molecule has 0 fully saturated rings. The molecule has 1 aromatic rings.